The highest BCUT2D eigenvalue weighted by atomic mass is 16.3. The number of hydrogen-bond acceptors (Lipinski definition) is 3. The van der Waals surface area contributed by atoms with E-state index in [2.05, 4.69) is 5.10 Å². The summed E-state index contributed by atoms with van der Waals surface area (Å²) in [6, 6.07) is 1.82. The van der Waals surface area contributed by atoms with E-state index in [1.54, 1.807) is 4.68 Å². The summed E-state index contributed by atoms with van der Waals surface area (Å²) >= 11 is 0. The van der Waals surface area contributed by atoms with Crippen LogP contribution in [0.15, 0.2) is 12.3 Å². The molecule has 0 radical (unpaired) electrons. The lowest BCUT2D eigenvalue weighted by Crippen LogP contribution is -2.07. The van der Waals surface area contributed by atoms with Crippen molar-refractivity contribution in [2.75, 3.05) is 6.54 Å². The summed E-state index contributed by atoms with van der Waals surface area (Å²) in [4.78, 5) is 0. The molecule has 68 valence electrons. The Balaban J connectivity index is 2.61. The Morgan fingerprint density at radius 1 is 1.75 bits per heavy atom. The highest BCUT2D eigenvalue weighted by molar-refractivity contribution is 5.02. The molecule has 0 fully saturated rings. The quantitative estimate of drug-likeness (QED) is 0.680. The number of hydrogen-bond donors (Lipinski definition) is 2. The van der Waals surface area contributed by atoms with Crippen LogP contribution in [0.4, 0.5) is 0 Å². The number of nitrogens with zero attached hydrogens (tertiary/aromatic N) is 2. The van der Waals surface area contributed by atoms with Crippen molar-refractivity contribution in [1.29, 1.82) is 0 Å². The van der Waals surface area contributed by atoms with Gasteiger partial charge >= 0.3 is 0 Å². The molecule has 0 saturated carbocycles. The van der Waals surface area contributed by atoms with Gasteiger partial charge in [0.05, 0.1) is 11.8 Å². The molecule has 0 aliphatic rings. The van der Waals surface area contributed by atoms with Crippen LogP contribution in [0.25, 0.3) is 0 Å². The van der Waals surface area contributed by atoms with Crippen LogP contribution in [-0.4, -0.2) is 21.4 Å². The summed E-state index contributed by atoms with van der Waals surface area (Å²) in [6.07, 6.45) is 1.92. The monoisotopic (exact) mass is 169 g/mol. The minimum absolute atomic E-state index is 0.486. The van der Waals surface area contributed by atoms with E-state index in [0.717, 1.165) is 6.54 Å². The maximum atomic E-state index is 9.47. The van der Waals surface area contributed by atoms with Crippen molar-refractivity contribution >= 4 is 0 Å². The van der Waals surface area contributed by atoms with Gasteiger partial charge in [0.15, 0.2) is 0 Å². The maximum absolute atomic E-state index is 9.47. The molecule has 0 aliphatic carbocycles. The molecule has 0 aliphatic heterocycles. The topological polar surface area (TPSA) is 64.1 Å². The normalized spacial score (nSPS) is 13.2. The van der Waals surface area contributed by atoms with Gasteiger partial charge in [-0.2, -0.15) is 5.10 Å². The molecular weight excluding hydrogens is 154 g/mol. The molecule has 0 aromatic carbocycles. The van der Waals surface area contributed by atoms with Crippen LogP contribution in [0.5, 0.6) is 0 Å². The Hall–Kier alpha value is -0.870. The molecule has 3 N–H and O–H groups in total. The SMILES string of the molecule is CCn1ccc(C(O)CCN)n1. The third-order valence-corrected chi connectivity index (χ3v) is 1.77. The molecule has 1 atom stereocenters. The molecule has 12 heavy (non-hydrogen) atoms. The van der Waals surface area contributed by atoms with Crippen molar-refractivity contribution in [3.8, 4) is 0 Å². The molecule has 0 amide bonds. The fourth-order valence-electron chi connectivity index (χ4n) is 1.04. The molecule has 1 heterocycles. The molecule has 4 heteroatoms. The molecule has 0 spiro atoms. The van der Waals surface area contributed by atoms with Gasteiger partial charge in [-0.1, -0.05) is 0 Å². The van der Waals surface area contributed by atoms with Gasteiger partial charge in [-0.15, -0.1) is 0 Å². The second kappa shape index (κ2) is 4.23. The predicted octanol–water partition coefficient (Wildman–Crippen LogP) is 0.285. The summed E-state index contributed by atoms with van der Waals surface area (Å²) in [5.74, 6) is 0. The van der Waals surface area contributed by atoms with Gasteiger partial charge in [-0.3, -0.25) is 4.68 Å². The second-order valence-corrected chi connectivity index (χ2v) is 2.69. The number of aryl methyl sites for hydroxylation is 1. The van der Waals surface area contributed by atoms with E-state index < -0.39 is 6.10 Å². The standard InChI is InChI=1S/C8H15N3O/c1-2-11-6-4-7(10-11)8(12)3-5-9/h4,6,8,12H,2-3,5,9H2,1H3. The second-order valence-electron chi connectivity index (χ2n) is 2.69. The lowest BCUT2D eigenvalue weighted by atomic mass is 10.2. The zero-order valence-corrected chi connectivity index (χ0v) is 7.27. The van der Waals surface area contributed by atoms with Crippen LogP contribution in [0.2, 0.25) is 0 Å². The van der Waals surface area contributed by atoms with Gasteiger partial charge in [0.2, 0.25) is 0 Å². The highest BCUT2D eigenvalue weighted by Crippen LogP contribution is 2.12. The number of aliphatic hydroxyl groups is 1. The molecular formula is C8H15N3O. The van der Waals surface area contributed by atoms with E-state index in [1.807, 2.05) is 19.2 Å². The molecule has 1 unspecified atom stereocenters. The van der Waals surface area contributed by atoms with Gasteiger partial charge in [0.25, 0.3) is 0 Å². The number of aliphatic hydroxyl groups excluding tert-OH is 1. The zero-order chi connectivity index (χ0) is 8.97. The van der Waals surface area contributed by atoms with E-state index in [0.29, 0.717) is 18.7 Å². The van der Waals surface area contributed by atoms with Crippen molar-refractivity contribution in [1.82, 2.24) is 9.78 Å². The Labute approximate surface area is 72.0 Å². The first-order valence-electron chi connectivity index (χ1n) is 4.19. The molecule has 0 bridgehead atoms. The minimum atomic E-state index is -0.511. The van der Waals surface area contributed by atoms with Crippen LogP contribution >= 0.6 is 0 Å². The van der Waals surface area contributed by atoms with Crippen molar-refractivity contribution < 1.29 is 5.11 Å². The van der Waals surface area contributed by atoms with Gasteiger partial charge < -0.3 is 10.8 Å². The predicted molar refractivity (Wildman–Crippen MR) is 46.5 cm³/mol. The molecule has 0 saturated heterocycles. The zero-order valence-electron chi connectivity index (χ0n) is 7.27. The van der Waals surface area contributed by atoms with Gasteiger partial charge in [-0.05, 0) is 26.0 Å². The summed E-state index contributed by atoms with van der Waals surface area (Å²) in [7, 11) is 0. The van der Waals surface area contributed by atoms with Crippen molar-refractivity contribution in [2.45, 2.75) is 26.0 Å². The average molecular weight is 169 g/mol. The largest absolute Gasteiger partial charge is 0.387 e. The lowest BCUT2D eigenvalue weighted by Gasteiger charge is -2.04. The first kappa shape index (κ1) is 9.22. The fraction of sp³-hybridized carbons (Fsp3) is 0.625. The van der Waals surface area contributed by atoms with Crippen LogP contribution in [-0.2, 0) is 6.54 Å². The smallest absolute Gasteiger partial charge is 0.0990 e. The first-order chi connectivity index (χ1) is 5.77. The van der Waals surface area contributed by atoms with Crippen LogP contribution in [0.1, 0.15) is 25.1 Å². The first-order valence-corrected chi connectivity index (χ1v) is 4.19. The third-order valence-electron chi connectivity index (χ3n) is 1.77. The van der Waals surface area contributed by atoms with Gasteiger partial charge in [-0.25, -0.2) is 0 Å². The van der Waals surface area contributed by atoms with E-state index >= 15 is 0 Å². The minimum Gasteiger partial charge on any atom is -0.387 e. The van der Waals surface area contributed by atoms with Crippen molar-refractivity contribution in [3.05, 3.63) is 18.0 Å². The van der Waals surface area contributed by atoms with E-state index in [1.165, 1.54) is 0 Å². The summed E-state index contributed by atoms with van der Waals surface area (Å²) in [5, 5.41) is 13.6. The number of aromatic nitrogens is 2. The molecule has 1 aromatic rings. The van der Waals surface area contributed by atoms with Crippen LogP contribution < -0.4 is 5.73 Å². The molecule has 1 aromatic heterocycles. The summed E-state index contributed by atoms with van der Waals surface area (Å²) < 4.78 is 1.79. The van der Waals surface area contributed by atoms with E-state index in [9.17, 15) is 5.11 Å². The Bertz CT molecular complexity index is 234. The van der Waals surface area contributed by atoms with Crippen molar-refractivity contribution in [3.63, 3.8) is 0 Å². The van der Waals surface area contributed by atoms with Crippen LogP contribution in [0.3, 0.4) is 0 Å². The lowest BCUT2D eigenvalue weighted by molar-refractivity contribution is 0.164. The maximum Gasteiger partial charge on any atom is 0.0990 e. The Morgan fingerprint density at radius 2 is 2.50 bits per heavy atom. The Morgan fingerprint density at radius 3 is 3.00 bits per heavy atom. The van der Waals surface area contributed by atoms with Gasteiger partial charge in [0.1, 0.15) is 0 Å². The highest BCUT2D eigenvalue weighted by Gasteiger charge is 2.08. The van der Waals surface area contributed by atoms with E-state index in [4.69, 9.17) is 5.73 Å². The third kappa shape index (κ3) is 2.06. The van der Waals surface area contributed by atoms with Crippen LogP contribution in [0, 0.1) is 0 Å². The molecule has 1 rings (SSSR count). The number of rotatable bonds is 4. The fourth-order valence-corrected chi connectivity index (χ4v) is 1.04. The van der Waals surface area contributed by atoms with Gasteiger partial charge in [0, 0.05) is 12.7 Å². The van der Waals surface area contributed by atoms with E-state index in [-0.39, 0.29) is 0 Å². The number of nitrogens with two attached hydrogens (primary N) is 1. The Kier molecular flexibility index (Phi) is 3.25. The molecule has 4 nitrogen and oxygen atoms in total. The van der Waals surface area contributed by atoms with Crippen molar-refractivity contribution in [2.24, 2.45) is 5.73 Å². The summed E-state index contributed by atoms with van der Waals surface area (Å²) in [5.41, 5.74) is 6.02. The average Bonchev–Trinajstić information content (AvgIpc) is 2.52. The summed E-state index contributed by atoms with van der Waals surface area (Å²) in [6.45, 7) is 3.32.